The van der Waals surface area contributed by atoms with E-state index >= 15 is 0 Å². The number of anilines is 1. The fraction of sp³-hybridized carbons (Fsp3) is 0.421. The highest BCUT2D eigenvalue weighted by Crippen LogP contribution is 2.48. The van der Waals surface area contributed by atoms with Crippen LogP contribution in [0.15, 0.2) is 34.8 Å². The average Bonchev–Trinajstić information content (AvgIpc) is 3.27. The summed E-state index contributed by atoms with van der Waals surface area (Å²) in [5.74, 6) is -1.49. The minimum Gasteiger partial charge on any atom is -0.481 e. The van der Waals surface area contributed by atoms with Crippen LogP contribution in [0.25, 0.3) is 11.1 Å². The fourth-order valence-electron chi connectivity index (χ4n) is 4.01. The summed E-state index contributed by atoms with van der Waals surface area (Å²) < 4.78 is 5.67. The summed E-state index contributed by atoms with van der Waals surface area (Å²) in [6, 6.07) is 5.30. The predicted octanol–water partition coefficient (Wildman–Crippen LogP) is 3.41. The zero-order valence-corrected chi connectivity index (χ0v) is 14.1. The number of nitrogens with one attached hydrogen (secondary N) is 1. The van der Waals surface area contributed by atoms with Crippen molar-refractivity contribution in [3.63, 3.8) is 0 Å². The van der Waals surface area contributed by atoms with E-state index < -0.39 is 17.8 Å². The largest absolute Gasteiger partial charge is 0.481 e. The summed E-state index contributed by atoms with van der Waals surface area (Å²) in [4.78, 5) is 28.7. The third-order valence-corrected chi connectivity index (χ3v) is 5.21. The maximum Gasteiger partial charge on any atom is 0.307 e. The first kappa shape index (κ1) is 15.9. The number of oxazole rings is 1. The molecule has 1 fully saturated rings. The molecule has 0 saturated heterocycles. The van der Waals surface area contributed by atoms with E-state index in [0.717, 1.165) is 6.42 Å². The van der Waals surface area contributed by atoms with Crippen molar-refractivity contribution < 1.29 is 19.1 Å². The number of aliphatic carboxylic acids is 1. The molecule has 2 aliphatic rings. The van der Waals surface area contributed by atoms with Crippen LogP contribution in [0.1, 0.15) is 32.1 Å². The second-order valence-corrected chi connectivity index (χ2v) is 7.22. The number of hydrogen-bond donors (Lipinski definition) is 2. The smallest absolute Gasteiger partial charge is 0.307 e. The van der Waals surface area contributed by atoms with Crippen molar-refractivity contribution in [3.05, 3.63) is 36.2 Å². The van der Waals surface area contributed by atoms with Gasteiger partial charge in [-0.2, -0.15) is 0 Å². The van der Waals surface area contributed by atoms with E-state index in [1.54, 1.807) is 18.2 Å². The first-order valence-corrected chi connectivity index (χ1v) is 8.56. The molecule has 0 spiro atoms. The van der Waals surface area contributed by atoms with Gasteiger partial charge in [-0.15, -0.1) is 0 Å². The number of nitrogens with zero attached hydrogens (tertiary/aromatic N) is 1. The van der Waals surface area contributed by atoms with Crippen LogP contribution in [0.5, 0.6) is 0 Å². The van der Waals surface area contributed by atoms with Crippen molar-refractivity contribution in [2.24, 2.45) is 23.7 Å². The van der Waals surface area contributed by atoms with Gasteiger partial charge in [0.2, 0.25) is 5.91 Å². The van der Waals surface area contributed by atoms with Crippen LogP contribution < -0.4 is 5.32 Å². The second kappa shape index (κ2) is 5.72. The zero-order valence-electron chi connectivity index (χ0n) is 14.1. The monoisotopic (exact) mass is 340 g/mol. The lowest BCUT2D eigenvalue weighted by atomic mass is 9.82. The number of rotatable bonds is 4. The van der Waals surface area contributed by atoms with Gasteiger partial charge >= 0.3 is 5.97 Å². The Morgan fingerprint density at radius 2 is 1.96 bits per heavy atom. The van der Waals surface area contributed by atoms with Gasteiger partial charge < -0.3 is 14.8 Å². The van der Waals surface area contributed by atoms with Gasteiger partial charge in [-0.3, -0.25) is 9.59 Å². The number of carboxylic acid groups (broad SMARTS) is 1. The molecule has 6 nitrogen and oxygen atoms in total. The van der Waals surface area contributed by atoms with Crippen LogP contribution in [-0.4, -0.2) is 22.0 Å². The lowest BCUT2D eigenvalue weighted by Gasteiger charge is -2.23. The number of benzene rings is 1. The molecular weight excluding hydrogens is 320 g/mol. The number of fused-ring (bicyclic) bond motifs is 3. The van der Waals surface area contributed by atoms with E-state index in [-0.39, 0.29) is 23.7 Å². The molecule has 2 aliphatic carbocycles. The minimum absolute atomic E-state index is 0.00873. The molecule has 1 aromatic carbocycles. The van der Waals surface area contributed by atoms with Crippen LogP contribution in [-0.2, 0) is 9.59 Å². The summed E-state index contributed by atoms with van der Waals surface area (Å²) in [7, 11) is 0. The summed E-state index contributed by atoms with van der Waals surface area (Å²) in [6.07, 6.45) is 4.65. The van der Waals surface area contributed by atoms with Crippen molar-refractivity contribution in [1.82, 2.24) is 4.98 Å². The minimum atomic E-state index is -0.898. The maximum absolute atomic E-state index is 12.7. The van der Waals surface area contributed by atoms with Gasteiger partial charge in [0.05, 0.1) is 11.8 Å². The third kappa shape index (κ3) is 2.62. The average molecular weight is 340 g/mol. The SMILES string of the molecule is CC(C)c1nc2cc(NC(=O)[C@@H]3[C@@H](C(=O)O)[C@H]4C=C[C@H]3C4)ccc2o1. The quantitative estimate of drug-likeness (QED) is 0.832. The number of amides is 1. The summed E-state index contributed by atoms with van der Waals surface area (Å²) in [6.45, 7) is 4.00. The standard InChI is InChI=1S/C19H20N2O4/c1-9(2)18-21-13-8-12(5-6-14(13)25-18)20-17(22)15-10-3-4-11(7-10)16(15)19(23)24/h3-6,8-11,15-16H,7H2,1-2H3,(H,20,22)(H,23,24)/t10-,11-,15-,16-/m0/s1. The molecular formula is C19H20N2O4. The molecule has 6 heteroatoms. The summed E-state index contributed by atoms with van der Waals surface area (Å²) >= 11 is 0. The molecule has 25 heavy (non-hydrogen) atoms. The van der Waals surface area contributed by atoms with Gasteiger partial charge in [0.25, 0.3) is 0 Å². The molecule has 2 aromatic rings. The van der Waals surface area contributed by atoms with E-state index in [0.29, 0.717) is 22.7 Å². The van der Waals surface area contributed by atoms with Crippen molar-refractivity contribution >= 4 is 28.7 Å². The van der Waals surface area contributed by atoms with Crippen LogP contribution in [0.2, 0.25) is 0 Å². The lowest BCUT2D eigenvalue weighted by Crippen LogP contribution is -2.36. The highest BCUT2D eigenvalue weighted by molar-refractivity contribution is 5.97. The first-order valence-electron chi connectivity index (χ1n) is 8.56. The normalized spacial score (nSPS) is 27.3. The molecule has 1 aromatic heterocycles. The molecule has 0 unspecified atom stereocenters. The second-order valence-electron chi connectivity index (χ2n) is 7.22. The van der Waals surface area contributed by atoms with Crippen LogP contribution in [0.3, 0.4) is 0 Å². The molecule has 1 amide bonds. The predicted molar refractivity (Wildman–Crippen MR) is 92.1 cm³/mol. The van der Waals surface area contributed by atoms with Crippen LogP contribution >= 0.6 is 0 Å². The van der Waals surface area contributed by atoms with Crippen LogP contribution in [0, 0.1) is 23.7 Å². The number of hydrogen-bond acceptors (Lipinski definition) is 4. The maximum atomic E-state index is 12.7. The molecule has 130 valence electrons. The van der Waals surface area contributed by atoms with Crippen molar-refractivity contribution in [3.8, 4) is 0 Å². The van der Waals surface area contributed by atoms with E-state index in [4.69, 9.17) is 4.42 Å². The Kier molecular flexibility index (Phi) is 3.63. The molecule has 4 atom stereocenters. The number of carboxylic acids is 1. The Morgan fingerprint density at radius 1 is 1.24 bits per heavy atom. The third-order valence-electron chi connectivity index (χ3n) is 5.21. The van der Waals surface area contributed by atoms with Gasteiger partial charge in [0.1, 0.15) is 5.52 Å². The molecule has 2 bridgehead atoms. The molecule has 1 heterocycles. The van der Waals surface area contributed by atoms with Gasteiger partial charge in [-0.25, -0.2) is 4.98 Å². The lowest BCUT2D eigenvalue weighted by molar-refractivity contribution is -0.146. The Morgan fingerprint density at radius 3 is 2.64 bits per heavy atom. The summed E-state index contributed by atoms with van der Waals surface area (Å²) in [5.41, 5.74) is 1.97. The molecule has 1 saturated carbocycles. The highest BCUT2D eigenvalue weighted by atomic mass is 16.4. The van der Waals surface area contributed by atoms with Gasteiger partial charge in [0.15, 0.2) is 11.5 Å². The fourth-order valence-corrected chi connectivity index (χ4v) is 4.01. The topological polar surface area (TPSA) is 92.4 Å². The van der Waals surface area contributed by atoms with Crippen LogP contribution in [0.4, 0.5) is 5.69 Å². The van der Waals surface area contributed by atoms with E-state index in [1.165, 1.54) is 0 Å². The van der Waals surface area contributed by atoms with Gasteiger partial charge in [-0.05, 0) is 36.5 Å². The van der Waals surface area contributed by atoms with Crippen molar-refractivity contribution in [1.29, 1.82) is 0 Å². The van der Waals surface area contributed by atoms with E-state index in [9.17, 15) is 14.7 Å². The van der Waals surface area contributed by atoms with Crippen molar-refractivity contribution in [2.75, 3.05) is 5.32 Å². The zero-order chi connectivity index (χ0) is 17.7. The van der Waals surface area contributed by atoms with E-state index in [1.807, 2.05) is 26.0 Å². The van der Waals surface area contributed by atoms with Gasteiger partial charge in [-0.1, -0.05) is 26.0 Å². The molecule has 0 radical (unpaired) electrons. The molecule has 0 aliphatic heterocycles. The first-order chi connectivity index (χ1) is 11.9. The number of carbonyl (C=O) groups excluding carboxylic acids is 1. The van der Waals surface area contributed by atoms with Gasteiger partial charge in [0, 0.05) is 11.6 Å². The highest BCUT2D eigenvalue weighted by Gasteiger charge is 2.51. The van der Waals surface area contributed by atoms with E-state index in [2.05, 4.69) is 10.3 Å². The summed E-state index contributed by atoms with van der Waals surface area (Å²) in [5, 5.41) is 12.3. The number of allylic oxidation sites excluding steroid dienone is 2. The Bertz CT molecular complexity index is 883. The number of carbonyl (C=O) groups is 2. The molecule has 4 rings (SSSR count). The molecule has 2 N–H and O–H groups in total. The Labute approximate surface area is 144 Å². The Hall–Kier alpha value is -2.63. The number of aromatic nitrogens is 1. The Balaban J connectivity index is 1.57. The van der Waals surface area contributed by atoms with Crippen molar-refractivity contribution in [2.45, 2.75) is 26.2 Å².